The normalized spacial score (nSPS) is 17.1. The van der Waals surface area contributed by atoms with Crippen LogP contribution in [0.15, 0.2) is 61.2 Å². The Hall–Kier alpha value is -2.28. The zero-order valence-electron chi connectivity index (χ0n) is 11.7. The molecule has 0 aromatic heterocycles. The molecule has 0 saturated carbocycles. The molecule has 2 aromatic carbocycles. The molecule has 0 bridgehead atoms. The Labute approximate surface area is 120 Å². The van der Waals surface area contributed by atoms with Crippen LogP contribution in [0.4, 0.5) is 0 Å². The summed E-state index contributed by atoms with van der Waals surface area (Å²) in [7, 11) is 1.69. The van der Waals surface area contributed by atoms with Crippen LogP contribution in [0.5, 0.6) is 5.75 Å². The molecule has 0 spiro atoms. The van der Waals surface area contributed by atoms with Crippen molar-refractivity contribution in [3.05, 3.63) is 77.9 Å². The van der Waals surface area contributed by atoms with Gasteiger partial charge in [0, 0.05) is 5.92 Å². The zero-order valence-corrected chi connectivity index (χ0v) is 11.7. The Kier molecular flexibility index (Phi) is 3.42. The van der Waals surface area contributed by atoms with Gasteiger partial charge in [0.2, 0.25) is 0 Å². The van der Waals surface area contributed by atoms with Gasteiger partial charge >= 0.3 is 0 Å². The van der Waals surface area contributed by atoms with Gasteiger partial charge in [-0.2, -0.15) is 0 Å². The molecule has 1 heteroatoms. The maximum absolute atomic E-state index is 5.23. The van der Waals surface area contributed by atoms with Crippen LogP contribution in [0.3, 0.4) is 0 Å². The van der Waals surface area contributed by atoms with E-state index in [1.165, 1.54) is 22.3 Å². The Morgan fingerprint density at radius 1 is 1.10 bits per heavy atom. The van der Waals surface area contributed by atoms with Gasteiger partial charge in [-0.3, -0.25) is 0 Å². The summed E-state index contributed by atoms with van der Waals surface area (Å²) in [4.78, 5) is 0. The fourth-order valence-electron chi connectivity index (χ4n) is 2.77. The minimum absolute atomic E-state index is 0.373. The lowest BCUT2D eigenvalue weighted by molar-refractivity contribution is 0.415. The first-order valence-corrected chi connectivity index (χ1v) is 6.88. The third-order valence-electron chi connectivity index (χ3n) is 3.91. The monoisotopic (exact) mass is 262 g/mol. The van der Waals surface area contributed by atoms with Crippen LogP contribution in [0, 0.1) is 5.92 Å². The summed E-state index contributed by atoms with van der Waals surface area (Å²) in [6.45, 7) is 4.00. The highest BCUT2D eigenvalue weighted by atomic mass is 16.5. The lowest BCUT2D eigenvalue weighted by Crippen LogP contribution is -2.10. The van der Waals surface area contributed by atoms with Gasteiger partial charge in [0.05, 0.1) is 7.11 Å². The number of methoxy groups -OCH3 is 1. The predicted octanol–water partition coefficient (Wildman–Crippen LogP) is 4.59. The average molecular weight is 262 g/mol. The van der Waals surface area contributed by atoms with Gasteiger partial charge in [-0.1, -0.05) is 48.6 Å². The van der Waals surface area contributed by atoms with E-state index >= 15 is 0 Å². The summed E-state index contributed by atoms with van der Waals surface area (Å²) >= 11 is 0. The first-order chi connectivity index (χ1) is 9.81. The van der Waals surface area contributed by atoms with Crippen molar-refractivity contribution in [2.24, 2.45) is 5.92 Å². The number of hydrogen-bond donors (Lipinski definition) is 0. The second kappa shape index (κ2) is 5.38. The molecule has 0 aliphatic heterocycles. The van der Waals surface area contributed by atoms with Crippen molar-refractivity contribution in [3.63, 3.8) is 0 Å². The summed E-state index contributed by atoms with van der Waals surface area (Å²) in [6.07, 6.45) is 5.36. The van der Waals surface area contributed by atoms with E-state index in [4.69, 9.17) is 4.74 Å². The highest BCUT2D eigenvalue weighted by molar-refractivity contribution is 5.86. The molecule has 20 heavy (non-hydrogen) atoms. The third kappa shape index (κ3) is 2.27. The van der Waals surface area contributed by atoms with E-state index in [0.29, 0.717) is 5.92 Å². The number of fused-ring (bicyclic) bond motifs is 1. The second-order valence-corrected chi connectivity index (χ2v) is 5.07. The molecule has 0 saturated heterocycles. The molecule has 0 fully saturated rings. The Morgan fingerprint density at radius 3 is 2.55 bits per heavy atom. The molecule has 100 valence electrons. The third-order valence-corrected chi connectivity index (χ3v) is 3.91. The first kappa shape index (κ1) is 12.7. The molecule has 1 nitrogen and oxygen atoms in total. The smallest absolute Gasteiger partial charge is 0.118 e. The molecule has 1 aliphatic rings. The van der Waals surface area contributed by atoms with Crippen LogP contribution in [0.2, 0.25) is 0 Å². The van der Waals surface area contributed by atoms with Crippen molar-refractivity contribution in [2.75, 3.05) is 7.11 Å². The van der Waals surface area contributed by atoms with Crippen LogP contribution < -0.4 is 4.74 Å². The van der Waals surface area contributed by atoms with Crippen molar-refractivity contribution in [2.45, 2.75) is 6.42 Å². The molecule has 0 amide bonds. The summed E-state index contributed by atoms with van der Waals surface area (Å²) in [6, 6.07) is 16.8. The molecule has 2 aromatic rings. The largest absolute Gasteiger partial charge is 0.497 e. The van der Waals surface area contributed by atoms with Crippen molar-refractivity contribution in [1.29, 1.82) is 0 Å². The molecule has 0 heterocycles. The van der Waals surface area contributed by atoms with E-state index in [-0.39, 0.29) is 0 Å². The zero-order chi connectivity index (χ0) is 13.9. The van der Waals surface area contributed by atoms with Gasteiger partial charge in [-0.05, 0) is 40.8 Å². The van der Waals surface area contributed by atoms with Gasteiger partial charge < -0.3 is 4.74 Å². The van der Waals surface area contributed by atoms with E-state index in [1.54, 1.807) is 7.11 Å². The van der Waals surface area contributed by atoms with Crippen LogP contribution >= 0.6 is 0 Å². The highest BCUT2D eigenvalue weighted by Gasteiger charge is 2.19. The summed E-state index contributed by atoms with van der Waals surface area (Å²) in [5, 5.41) is 0. The summed E-state index contributed by atoms with van der Waals surface area (Å²) < 4.78 is 5.23. The predicted molar refractivity (Wildman–Crippen MR) is 84.7 cm³/mol. The molecule has 1 aliphatic carbocycles. The van der Waals surface area contributed by atoms with Crippen molar-refractivity contribution < 1.29 is 4.74 Å². The minimum Gasteiger partial charge on any atom is -0.497 e. The standard InChI is InChI=1S/C19H18O/c1-3-14-12-16-6-4-5-7-17(16)13-19(14)15-8-10-18(20-2)11-9-15/h3-11,13-14H,1,12H2,2H3. The van der Waals surface area contributed by atoms with Gasteiger partial charge in [0.15, 0.2) is 0 Å². The van der Waals surface area contributed by atoms with Crippen LogP contribution in [-0.4, -0.2) is 7.11 Å². The van der Waals surface area contributed by atoms with Crippen LogP contribution in [0.1, 0.15) is 16.7 Å². The maximum atomic E-state index is 5.23. The Morgan fingerprint density at radius 2 is 1.85 bits per heavy atom. The molecular formula is C19H18O. The molecule has 0 radical (unpaired) electrons. The number of ether oxygens (including phenoxy) is 1. The maximum Gasteiger partial charge on any atom is 0.118 e. The van der Waals surface area contributed by atoms with Crippen LogP contribution in [-0.2, 0) is 6.42 Å². The van der Waals surface area contributed by atoms with Gasteiger partial charge in [-0.15, -0.1) is 6.58 Å². The van der Waals surface area contributed by atoms with E-state index < -0.39 is 0 Å². The lowest BCUT2D eigenvalue weighted by Gasteiger charge is -2.24. The molecule has 3 rings (SSSR count). The fraction of sp³-hybridized carbons (Fsp3) is 0.158. The van der Waals surface area contributed by atoms with Gasteiger partial charge in [0.1, 0.15) is 5.75 Å². The van der Waals surface area contributed by atoms with E-state index in [1.807, 2.05) is 18.2 Å². The topological polar surface area (TPSA) is 9.23 Å². The van der Waals surface area contributed by atoms with E-state index in [0.717, 1.165) is 12.2 Å². The van der Waals surface area contributed by atoms with Crippen LogP contribution in [0.25, 0.3) is 11.6 Å². The summed E-state index contributed by atoms with van der Waals surface area (Å²) in [5.74, 6) is 1.26. The minimum atomic E-state index is 0.373. The lowest BCUT2D eigenvalue weighted by atomic mass is 9.80. The molecule has 1 atom stereocenters. The van der Waals surface area contributed by atoms with E-state index in [2.05, 4.69) is 49.1 Å². The van der Waals surface area contributed by atoms with Gasteiger partial charge in [0.25, 0.3) is 0 Å². The Bertz CT molecular complexity index is 650. The van der Waals surface area contributed by atoms with Crippen molar-refractivity contribution in [3.8, 4) is 5.75 Å². The first-order valence-electron chi connectivity index (χ1n) is 6.88. The van der Waals surface area contributed by atoms with Crippen molar-refractivity contribution in [1.82, 2.24) is 0 Å². The Balaban J connectivity index is 2.05. The SMILES string of the molecule is C=CC1Cc2ccccc2C=C1c1ccc(OC)cc1. The fourth-order valence-corrected chi connectivity index (χ4v) is 2.77. The molecule has 1 unspecified atom stereocenters. The van der Waals surface area contributed by atoms with Crippen molar-refractivity contribution >= 4 is 11.6 Å². The van der Waals surface area contributed by atoms with Gasteiger partial charge in [-0.25, -0.2) is 0 Å². The number of rotatable bonds is 3. The summed E-state index contributed by atoms with van der Waals surface area (Å²) in [5.41, 5.74) is 5.29. The molecule has 0 N–H and O–H groups in total. The average Bonchev–Trinajstić information content (AvgIpc) is 2.53. The second-order valence-electron chi connectivity index (χ2n) is 5.07. The highest BCUT2D eigenvalue weighted by Crippen LogP contribution is 2.35. The number of allylic oxidation sites excluding steroid dienone is 2. The number of benzene rings is 2. The van der Waals surface area contributed by atoms with E-state index in [9.17, 15) is 0 Å². The molecular weight excluding hydrogens is 244 g/mol. The number of hydrogen-bond acceptors (Lipinski definition) is 1. The quantitative estimate of drug-likeness (QED) is 0.735.